The lowest BCUT2D eigenvalue weighted by molar-refractivity contribution is 0.419. The topological polar surface area (TPSA) is 61.3 Å². The van der Waals surface area contributed by atoms with E-state index in [0.717, 1.165) is 11.1 Å². The van der Waals surface area contributed by atoms with Crippen molar-refractivity contribution in [2.45, 2.75) is 0 Å². The molecule has 2 N–H and O–H groups in total. The first kappa shape index (κ1) is 10.7. The van der Waals surface area contributed by atoms with Gasteiger partial charge in [-0.15, -0.1) is 0 Å². The molecule has 0 saturated carbocycles. The first-order chi connectivity index (χ1) is 8.78. The van der Waals surface area contributed by atoms with Gasteiger partial charge < -0.3 is 14.9 Å². The highest BCUT2D eigenvalue weighted by atomic mass is 16.5. The minimum atomic E-state index is 0.564. The van der Waals surface area contributed by atoms with Crippen LogP contribution in [0.15, 0.2) is 46.9 Å². The number of hydrogen-bond donors (Lipinski definition) is 1. The minimum Gasteiger partial charge on any atom is -0.494 e. The van der Waals surface area contributed by atoms with E-state index in [1.807, 2.05) is 42.5 Å². The summed E-state index contributed by atoms with van der Waals surface area (Å²) in [5.41, 5.74) is 8.70. The molecule has 0 unspecified atom stereocenters. The first-order valence-electron chi connectivity index (χ1n) is 5.57. The van der Waals surface area contributed by atoms with Crippen molar-refractivity contribution in [1.82, 2.24) is 4.98 Å². The number of nitrogens with two attached hydrogens (primary N) is 1. The average molecular weight is 240 g/mol. The van der Waals surface area contributed by atoms with E-state index in [1.165, 1.54) is 0 Å². The third-order valence-electron chi connectivity index (χ3n) is 2.76. The number of oxazole rings is 1. The number of rotatable bonds is 2. The summed E-state index contributed by atoms with van der Waals surface area (Å²) < 4.78 is 11.0. The lowest BCUT2D eigenvalue weighted by atomic mass is 10.2. The van der Waals surface area contributed by atoms with Gasteiger partial charge in [0.25, 0.3) is 0 Å². The highest BCUT2D eigenvalue weighted by molar-refractivity contribution is 5.82. The Hall–Kier alpha value is -2.49. The number of methoxy groups -OCH3 is 1. The molecule has 4 nitrogen and oxygen atoms in total. The Bertz CT molecular complexity index is 687. The monoisotopic (exact) mass is 240 g/mol. The van der Waals surface area contributed by atoms with E-state index in [-0.39, 0.29) is 0 Å². The zero-order chi connectivity index (χ0) is 12.5. The van der Waals surface area contributed by atoms with Gasteiger partial charge in [-0.3, -0.25) is 0 Å². The van der Waals surface area contributed by atoms with Crippen LogP contribution in [-0.2, 0) is 0 Å². The smallest absolute Gasteiger partial charge is 0.227 e. The molecule has 0 bridgehead atoms. The molecule has 0 aliphatic rings. The lowest BCUT2D eigenvalue weighted by Crippen LogP contribution is -1.84. The van der Waals surface area contributed by atoms with Gasteiger partial charge in [0, 0.05) is 11.3 Å². The summed E-state index contributed by atoms with van der Waals surface area (Å²) in [7, 11) is 1.62. The molecule has 0 saturated heterocycles. The summed E-state index contributed by atoms with van der Waals surface area (Å²) in [6.07, 6.45) is 0. The number of aromatic nitrogens is 1. The van der Waals surface area contributed by atoms with Gasteiger partial charge in [0.05, 0.1) is 7.11 Å². The zero-order valence-electron chi connectivity index (χ0n) is 9.88. The normalized spacial score (nSPS) is 10.7. The van der Waals surface area contributed by atoms with Crippen molar-refractivity contribution in [2.24, 2.45) is 0 Å². The van der Waals surface area contributed by atoms with Gasteiger partial charge in [0.2, 0.25) is 5.89 Å². The summed E-state index contributed by atoms with van der Waals surface area (Å²) in [6.45, 7) is 0. The van der Waals surface area contributed by atoms with Crippen LogP contribution in [0.1, 0.15) is 0 Å². The predicted octanol–water partition coefficient (Wildman–Crippen LogP) is 3.09. The van der Waals surface area contributed by atoms with Crippen molar-refractivity contribution in [3.05, 3.63) is 42.5 Å². The van der Waals surface area contributed by atoms with Gasteiger partial charge in [0.15, 0.2) is 11.1 Å². The van der Waals surface area contributed by atoms with Gasteiger partial charge in [-0.25, -0.2) is 4.98 Å². The van der Waals surface area contributed by atoms with Crippen LogP contribution in [0.5, 0.6) is 5.75 Å². The van der Waals surface area contributed by atoms with Gasteiger partial charge in [-0.1, -0.05) is 6.07 Å². The fraction of sp³-hybridized carbons (Fsp3) is 0.0714. The van der Waals surface area contributed by atoms with E-state index in [0.29, 0.717) is 22.9 Å². The molecule has 0 amide bonds. The molecule has 0 spiro atoms. The first-order valence-corrected chi connectivity index (χ1v) is 5.57. The number of nitrogen functional groups attached to an aromatic ring is 1. The molecule has 90 valence electrons. The summed E-state index contributed by atoms with van der Waals surface area (Å²) in [5, 5.41) is 0. The summed E-state index contributed by atoms with van der Waals surface area (Å²) in [4.78, 5) is 4.45. The Labute approximate surface area is 104 Å². The number of benzene rings is 2. The van der Waals surface area contributed by atoms with Gasteiger partial charge >= 0.3 is 0 Å². The van der Waals surface area contributed by atoms with Crippen molar-refractivity contribution in [1.29, 1.82) is 0 Å². The van der Waals surface area contributed by atoms with Crippen molar-refractivity contribution in [2.75, 3.05) is 12.8 Å². The Balaban J connectivity index is 2.16. The van der Waals surface area contributed by atoms with Crippen LogP contribution in [0.2, 0.25) is 0 Å². The predicted molar refractivity (Wildman–Crippen MR) is 70.4 cm³/mol. The number of fused-ring (bicyclic) bond motifs is 1. The molecular formula is C14H12N2O2. The molecule has 1 heterocycles. The molecule has 0 fully saturated rings. The quantitative estimate of drug-likeness (QED) is 0.699. The van der Waals surface area contributed by atoms with Crippen molar-refractivity contribution >= 4 is 16.8 Å². The van der Waals surface area contributed by atoms with Gasteiger partial charge in [-0.05, 0) is 36.4 Å². The zero-order valence-corrected chi connectivity index (χ0v) is 9.88. The second-order valence-electron chi connectivity index (χ2n) is 3.95. The van der Waals surface area contributed by atoms with Crippen LogP contribution < -0.4 is 10.5 Å². The Morgan fingerprint density at radius 1 is 1.11 bits per heavy atom. The highest BCUT2D eigenvalue weighted by Crippen LogP contribution is 2.29. The molecule has 2 aromatic carbocycles. The van der Waals surface area contributed by atoms with Crippen LogP contribution in [0.4, 0.5) is 5.69 Å². The maximum atomic E-state index is 5.70. The molecule has 3 aromatic rings. The molecule has 1 aromatic heterocycles. The molecule has 0 aliphatic heterocycles. The summed E-state index contributed by atoms with van der Waals surface area (Å²) in [6, 6.07) is 13.0. The van der Waals surface area contributed by atoms with Crippen molar-refractivity contribution < 1.29 is 9.15 Å². The van der Waals surface area contributed by atoms with Crippen LogP contribution in [-0.4, -0.2) is 12.1 Å². The van der Waals surface area contributed by atoms with Crippen LogP contribution >= 0.6 is 0 Å². The SMILES string of the molecule is COc1cccc2oc(-c3ccc(N)cc3)nc12. The number of hydrogen-bond acceptors (Lipinski definition) is 4. The van der Waals surface area contributed by atoms with Gasteiger partial charge in [-0.2, -0.15) is 0 Å². The number of nitrogens with zero attached hydrogens (tertiary/aromatic N) is 1. The molecular weight excluding hydrogens is 228 g/mol. The van der Waals surface area contributed by atoms with E-state index < -0.39 is 0 Å². The Morgan fingerprint density at radius 3 is 2.61 bits per heavy atom. The third kappa shape index (κ3) is 1.68. The lowest BCUT2D eigenvalue weighted by Gasteiger charge is -1.96. The van der Waals surface area contributed by atoms with E-state index in [9.17, 15) is 0 Å². The standard InChI is InChI=1S/C14H12N2O2/c1-17-11-3-2-4-12-13(11)16-14(18-12)9-5-7-10(15)8-6-9/h2-8H,15H2,1H3. The molecule has 0 aliphatic carbocycles. The van der Waals surface area contributed by atoms with Crippen LogP contribution in [0.3, 0.4) is 0 Å². The maximum absolute atomic E-state index is 5.70. The second-order valence-corrected chi connectivity index (χ2v) is 3.95. The van der Waals surface area contributed by atoms with Crippen molar-refractivity contribution in [3.63, 3.8) is 0 Å². The molecule has 0 radical (unpaired) electrons. The molecule has 4 heteroatoms. The van der Waals surface area contributed by atoms with Crippen molar-refractivity contribution in [3.8, 4) is 17.2 Å². The largest absolute Gasteiger partial charge is 0.494 e. The summed E-state index contributed by atoms with van der Waals surface area (Å²) >= 11 is 0. The minimum absolute atomic E-state index is 0.564. The fourth-order valence-electron chi connectivity index (χ4n) is 1.84. The molecule has 0 atom stereocenters. The van der Waals surface area contributed by atoms with Crippen LogP contribution in [0.25, 0.3) is 22.6 Å². The number of para-hydroxylation sites is 1. The third-order valence-corrected chi connectivity index (χ3v) is 2.76. The second kappa shape index (κ2) is 4.07. The fourth-order valence-corrected chi connectivity index (χ4v) is 1.84. The summed E-state index contributed by atoms with van der Waals surface area (Å²) in [5.74, 6) is 1.27. The highest BCUT2D eigenvalue weighted by Gasteiger charge is 2.11. The Morgan fingerprint density at radius 2 is 1.89 bits per heavy atom. The van der Waals surface area contributed by atoms with Crippen LogP contribution in [0, 0.1) is 0 Å². The number of ether oxygens (including phenoxy) is 1. The van der Waals surface area contributed by atoms with E-state index in [4.69, 9.17) is 14.9 Å². The Kier molecular flexibility index (Phi) is 2.41. The van der Waals surface area contributed by atoms with E-state index >= 15 is 0 Å². The van der Waals surface area contributed by atoms with E-state index in [1.54, 1.807) is 7.11 Å². The van der Waals surface area contributed by atoms with E-state index in [2.05, 4.69) is 4.98 Å². The average Bonchev–Trinajstić information content (AvgIpc) is 2.83. The molecule has 18 heavy (non-hydrogen) atoms. The number of anilines is 1. The molecule has 3 rings (SSSR count). The maximum Gasteiger partial charge on any atom is 0.227 e. The van der Waals surface area contributed by atoms with Gasteiger partial charge in [0.1, 0.15) is 5.75 Å².